The third-order valence-corrected chi connectivity index (χ3v) is 5.06. The van der Waals surface area contributed by atoms with Crippen molar-refractivity contribution in [2.24, 2.45) is 0 Å². The maximum absolute atomic E-state index is 13.8. The van der Waals surface area contributed by atoms with Gasteiger partial charge >= 0.3 is 18.5 Å². The molecule has 0 aromatic heterocycles. The first kappa shape index (κ1) is 29.2. The predicted molar refractivity (Wildman–Crippen MR) is 110 cm³/mol. The molecular formula is C22H21F9N2O3. The number of alkyl halides is 9. The highest BCUT2D eigenvalue weighted by Gasteiger charge is 2.56. The quantitative estimate of drug-likeness (QED) is 0.387. The number of hydrogen-bond acceptors (Lipinski definition) is 4. The van der Waals surface area contributed by atoms with Gasteiger partial charge in [-0.1, -0.05) is 12.1 Å². The zero-order chi connectivity index (χ0) is 27.4. The minimum atomic E-state index is -5.64. The highest BCUT2D eigenvalue weighted by molar-refractivity contribution is 5.75. The molecular weight excluding hydrogens is 511 g/mol. The third-order valence-electron chi connectivity index (χ3n) is 5.06. The third kappa shape index (κ3) is 7.50. The highest BCUT2D eigenvalue weighted by Crippen LogP contribution is 2.44. The summed E-state index contributed by atoms with van der Waals surface area (Å²) in [7, 11) is 1.42. The van der Waals surface area contributed by atoms with Gasteiger partial charge in [0.25, 0.3) is 0 Å². The molecule has 36 heavy (non-hydrogen) atoms. The van der Waals surface area contributed by atoms with E-state index in [1.165, 1.54) is 31.4 Å². The van der Waals surface area contributed by atoms with Crippen molar-refractivity contribution in [1.29, 1.82) is 0 Å². The smallest absolute Gasteiger partial charge is 0.384 e. The number of methoxy groups -OCH3 is 1. The molecule has 5 nitrogen and oxygen atoms in total. The Morgan fingerprint density at radius 3 is 1.81 bits per heavy atom. The van der Waals surface area contributed by atoms with Crippen molar-refractivity contribution < 1.29 is 54.2 Å². The number of ether oxygens (including phenoxy) is 1. The van der Waals surface area contributed by atoms with E-state index in [9.17, 15) is 49.4 Å². The monoisotopic (exact) mass is 532 g/mol. The van der Waals surface area contributed by atoms with Crippen LogP contribution in [0.15, 0.2) is 42.5 Å². The molecule has 0 aliphatic carbocycles. The molecule has 0 saturated carbocycles. The molecule has 0 spiro atoms. The first-order valence-corrected chi connectivity index (χ1v) is 10.1. The first-order valence-electron chi connectivity index (χ1n) is 10.1. The Morgan fingerprint density at radius 1 is 0.861 bits per heavy atom. The van der Waals surface area contributed by atoms with E-state index >= 15 is 0 Å². The second kappa shape index (κ2) is 10.9. The van der Waals surface area contributed by atoms with Gasteiger partial charge in [-0.3, -0.25) is 4.79 Å². The summed E-state index contributed by atoms with van der Waals surface area (Å²) in [6.07, 6.45) is -16.3. The van der Waals surface area contributed by atoms with Crippen LogP contribution in [0, 0.1) is 0 Å². The van der Waals surface area contributed by atoms with Crippen LogP contribution in [-0.2, 0) is 34.0 Å². The average Bonchev–Trinajstić information content (AvgIpc) is 2.78. The van der Waals surface area contributed by atoms with Crippen molar-refractivity contribution in [3.8, 4) is 0 Å². The zero-order valence-electron chi connectivity index (χ0n) is 18.5. The predicted octanol–water partition coefficient (Wildman–Crippen LogP) is 5.24. The van der Waals surface area contributed by atoms with E-state index in [0.29, 0.717) is 5.56 Å². The molecule has 1 atom stereocenters. The van der Waals surface area contributed by atoms with Gasteiger partial charge in [-0.15, -0.1) is 0 Å². The first-order chi connectivity index (χ1) is 16.5. The molecule has 0 aliphatic rings. The molecule has 0 bridgehead atoms. The van der Waals surface area contributed by atoms with Crippen molar-refractivity contribution in [3.63, 3.8) is 0 Å². The Bertz CT molecular complexity index is 1000. The topological polar surface area (TPSA) is 70.6 Å². The molecule has 2 aromatic carbocycles. The summed E-state index contributed by atoms with van der Waals surface area (Å²) in [4.78, 5) is 11.6. The molecule has 2 aromatic rings. The summed E-state index contributed by atoms with van der Waals surface area (Å²) in [5.41, 5.74) is -9.18. The minimum absolute atomic E-state index is 0.0184. The maximum Gasteiger partial charge on any atom is 0.423 e. The van der Waals surface area contributed by atoms with Crippen LogP contribution >= 0.6 is 0 Å². The number of nitrogens with one attached hydrogen (secondary N) is 2. The molecule has 0 aliphatic heterocycles. The van der Waals surface area contributed by atoms with Crippen LogP contribution < -0.4 is 10.6 Å². The van der Waals surface area contributed by atoms with E-state index in [2.05, 4.69) is 10.6 Å². The normalized spacial score (nSPS) is 14.3. The van der Waals surface area contributed by atoms with E-state index in [-0.39, 0.29) is 49.4 Å². The second-order valence-corrected chi connectivity index (χ2v) is 7.72. The van der Waals surface area contributed by atoms with Gasteiger partial charge in [0.15, 0.2) is 0 Å². The number of benzene rings is 2. The van der Waals surface area contributed by atoms with Crippen molar-refractivity contribution in [3.05, 3.63) is 64.7 Å². The number of carbonyl (C=O) groups is 1. The Labute approximate surface area is 199 Å². The number of aliphatic hydroxyl groups is 1. The van der Waals surface area contributed by atoms with Crippen molar-refractivity contribution >= 4 is 11.6 Å². The fourth-order valence-electron chi connectivity index (χ4n) is 3.01. The molecule has 0 saturated heterocycles. The average molecular weight is 532 g/mol. The van der Waals surface area contributed by atoms with Crippen molar-refractivity contribution in [2.75, 3.05) is 25.6 Å². The Kier molecular flexibility index (Phi) is 8.89. The Morgan fingerprint density at radius 2 is 1.36 bits per heavy atom. The van der Waals surface area contributed by atoms with Crippen LogP contribution in [0.2, 0.25) is 0 Å². The summed E-state index contributed by atoms with van der Waals surface area (Å²) >= 11 is 0. The Hall–Kier alpha value is -3.00. The molecule has 0 unspecified atom stereocenters. The molecule has 1 amide bonds. The molecule has 200 valence electrons. The highest BCUT2D eigenvalue weighted by atomic mass is 19.4. The van der Waals surface area contributed by atoms with Gasteiger partial charge in [-0.2, -0.15) is 39.5 Å². The lowest BCUT2D eigenvalue weighted by atomic mass is 9.89. The van der Waals surface area contributed by atoms with E-state index in [0.717, 1.165) is 0 Å². The zero-order valence-corrected chi connectivity index (χ0v) is 18.5. The van der Waals surface area contributed by atoms with Gasteiger partial charge < -0.3 is 20.5 Å². The Balaban J connectivity index is 2.29. The van der Waals surface area contributed by atoms with Crippen LogP contribution in [-0.4, -0.2) is 37.5 Å². The standard InChI is InChI=1S/C22H21F9N2O3/c1-36-7-6-18(34)32-11-13-2-4-17(5-3-13)33-12-19(35,22(29,30)31)14-8-15(20(23,24)25)10-16(9-14)21(26,27)28/h2-5,8-10,33,35H,6-7,11-12H2,1H3,(H,32,34)/t19-/m0/s1. The van der Waals surface area contributed by atoms with Crippen molar-refractivity contribution in [2.45, 2.75) is 37.1 Å². The van der Waals surface area contributed by atoms with Gasteiger partial charge in [-0.05, 0) is 41.5 Å². The second-order valence-electron chi connectivity index (χ2n) is 7.72. The van der Waals surface area contributed by atoms with Crippen LogP contribution in [0.25, 0.3) is 0 Å². The van der Waals surface area contributed by atoms with Crippen LogP contribution in [0.4, 0.5) is 45.2 Å². The maximum atomic E-state index is 13.8. The molecule has 14 heteroatoms. The summed E-state index contributed by atoms with van der Waals surface area (Å²) in [6, 6.07) is 4.69. The largest absolute Gasteiger partial charge is 0.423 e. The number of carbonyl (C=O) groups excluding carboxylic acids is 1. The summed E-state index contributed by atoms with van der Waals surface area (Å²) in [5.74, 6) is -0.311. The molecule has 3 N–H and O–H groups in total. The van der Waals surface area contributed by atoms with Crippen LogP contribution in [0.1, 0.15) is 28.7 Å². The molecule has 0 heterocycles. The van der Waals surface area contributed by atoms with E-state index in [1.807, 2.05) is 0 Å². The fraction of sp³-hybridized carbons (Fsp3) is 0.409. The van der Waals surface area contributed by atoms with Gasteiger partial charge in [0.2, 0.25) is 11.5 Å². The fourth-order valence-corrected chi connectivity index (χ4v) is 3.01. The molecule has 0 fully saturated rings. The lowest BCUT2D eigenvalue weighted by Crippen LogP contribution is -2.48. The summed E-state index contributed by atoms with van der Waals surface area (Å²) < 4.78 is 125. The lowest BCUT2D eigenvalue weighted by Gasteiger charge is -2.32. The molecule has 2 rings (SSSR count). The number of rotatable bonds is 9. The van der Waals surface area contributed by atoms with E-state index in [4.69, 9.17) is 4.74 Å². The van der Waals surface area contributed by atoms with Crippen LogP contribution in [0.3, 0.4) is 0 Å². The number of hydrogen-bond donors (Lipinski definition) is 3. The number of anilines is 1. The summed E-state index contributed by atoms with van der Waals surface area (Å²) in [6.45, 7) is -1.20. The van der Waals surface area contributed by atoms with Gasteiger partial charge in [-0.25, -0.2) is 0 Å². The van der Waals surface area contributed by atoms with E-state index in [1.54, 1.807) is 0 Å². The van der Waals surface area contributed by atoms with Crippen LogP contribution in [0.5, 0.6) is 0 Å². The SMILES string of the molecule is COCCC(=O)NCc1ccc(NC[C@](O)(c2cc(C(F)(F)F)cc(C(F)(F)F)c2)C(F)(F)F)cc1. The van der Waals surface area contributed by atoms with Gasteiger partial charge in [0.1, 0.15) is 0 Å². The summed E-state index contributed by atoms with van der Waals surface area (Å²) in [5, 5.41) is 15.1. The van der Waals surface area contributed by atoms with E-state index < -0.39 is 47.4 Å². The number of halogens is 9. The number of amides is 1. The lowest BCUT2D eigenvalue weighted by molar-refractivity contribution is -0.261. The molecule has 0 radical (unpaired) electrons. The minimum Gasteiger partial charge on any atom is -0.384 e. The van der Waals surface area contributed by atoms with Crippen molar-refractivity contribution in [1.82, 2.24) is 5.32 Å². The van der Waals surface area contributed by atoms with Gasteiger partial charge in [0.05, 0.1) is 24.3 Å². The van der Waals surface area contributed by atoms with Gasteiger partial charge in [0, 0.05) is 25.8 Å².